The third-order valence-electron chi connectivity index (χ3n) is 4.33. The molecule has 0 radical (unpaired) electrons. The van der Waals surface area contributed by atoms with Crippen molar-refractivity contribution in [1.29, 1.82) is 5.26 Å². The van der Waals surface area contributed by atoms with Crippen LogP contribution in [0.5, 0.6) is 0 Å². The SMILES string of the molecule is CC(C)n1ncc(C(F)F)c1C[n+]1cc(C#N)c(C(C)(C)C)n1C(C)C. The van der Waals surface area contributed by atoms with E-state index in [4.69, 9.17) is 0 Å². The zero-order valence-corrected chi connectivity index (χ0v) is 16.6. The quantitative estimate of drug-likeness (QED) is 0.743. The second-order valence-electron chi connectivity index (χ2n) is 8.17. The Balaban J connectivity index is 2.67. The van der Waals surface area contributed by atoms with E-state index in [9.17, 15) is 14.0 Å². The molecule has 0 amide bonds. The third kappa shape index (κ3) is 3.64. The number of aromatic nitrogens is 4. The molecule has 2 aromatic rings. The first-order chi connectivity index (χ1) is 12.0. The predicted molar refractivity (Wildman–Crippen MR) is 95.1 cm³/mol. The summed E-state index contributed by atoms with van der Waals surface area (Å²) in [6, 6.07) is 2.31. The average molecular weight is 364 g/mol. The number of alkyl halides is 2. The molecule has 0 N–H and O–H groups in total. The molecule has 0 bridgehead atoms. The zero-order chi connectivity index (χ0) is 19.8. The number of rotatable bonds is 5. The second-order valence-corrected chi connectivity index (χ2v) is 8.17. The van der Waals surface area contributed by atoms with Crippen LogP contribution in [-0.2, 0) is 12.0 Å². The van der Waals surface area contributed by atoms with Crippen molar-refractivity contribution in [2.24, 2.45) is 0 Å². The Morgan fingerprint density at radius 2 is 1.81 bits per heavy atom. The van der Waals surface area contributed by atoms with E-state index < -0.39 is 6.43 Å². The smallest absolute Gasteiger partial charge is 0.260 e. The lowest BCUT2D eigenvalue weighted by molar-refractivity contribution is -0.771. The Morgan fingerprint density at radius 3 is 2.23 bits per heavy atom. The minimum absolute atomic E-state index is 0.0296. The van der Waals surface area contributed by atoms with E-state index in [-0.39, 0.29) is 29.6 Å². The number of hydrogen-bond donors (Lipinski definition) is 0. The molecular formula is C19H28F2N5+. The molecule has 0 unspecified atom stereocenters. The second kappa shape index (κ2) is 7.18. The van der Waals surface area contributed by atoms with Gasteiger partial charge in [0, 0.05) is 11.5 Å². The Labute approximate surface area is 153 Å². The molecule has 2 rings (SSSR count). The summed E-state index contributed by atoms with van der Waals surface area (Å²) in [5.74, 6) is 0. The highest BCUT2D eigenvalue weighted by Crippen LogP contribution is 2.28. The zero-order valence-electron chi connectivity index (χ0n) is 16.6. The molecule has 5 nitrogen and oxygen atoms in total. The van der Waals surface area contributed by atoms with Gasteiger partial charge in [0.2, 0.25) is 12.7 Å². The molecule has 0 aliphatic rings. The molecule has 0 spiro atoms. The van der Waals surface area contributed by atoms with E-state index in [1.165, 1.54) is 6.20 Å². The molecule has 0 saturated heterocycles. The van der Waals surface area contributed by atoms with Gasteiger partial charge >= 0.3 is 0 Å². The molecule has 0 saturated carbocycles. The molecule has 0 atom stereocenters. The Kier molecular flexibility index (Phi) is 5.55. The average Bonchev–Trinajstić information content (AvgIpc) is 3.08. The fourth-order valence-corrected chi connectivity index (χ4v) is 3.38. The molecule has 0 fully saturated rings. The summed E-state index contributed by atoms with van der Waals surface area (Å²) in [7, 11) is 0. The summed E-state index contributed by atoms with van der Waals surface area (Å²) in [5.41, 5.74) is 1.65. The van der Waals surface area contributed by atoms with Crippen molar-refractivity contribution >= 4 is 0 Å². The van der Waals surface area contributed by atoms with Crippen LogP contribution in [0.2, 0.25) is 0 Å². The Morgan fingerprint density at radius 1 is 1.19 bits per heavy atom. The normalized spacial score (nSPS) is 12.4. The molecule has 0 aliphatic carbocycles. The maximum Gasteiger partial charge on any atom is 0.267 e. The summed E-state index contributed by atoms with van der Waals surface area (Å²) in [6.45, 7) is 14.3. The molecular weight excluding hydrogens is 336 g/mol. The van der Waals surface area contributed by atoms with Crippen molar-refractivity contribution in [3.63, 3.8) is 0 Å². The van der Waals surface area contributed by atoms with Crippen LogP contribution in [-0.4, -0.2) is 14.5 Å². The van der Waals surface area contributed by atoms with E-state index in [0.29, 0.717) is 11.3 Å². The summed E-state index contributed by atoms with van der Waals surface area (Å²) in [4.78, 5) is 0. The van der Waals surface area contributed by atoms with Gasteiger partial charge in [-0.3, -0.25) is 4.68 Å². The molecule has 0 aliphatic heterocycles. The summed E-state index contributed by atoms with van der Waals surface area (Å²) in [5, 5.41) is 13.8. The van der Waals surface area contributed by atoms with Crippen molar-refractivity contribution in [2.45, 2.75) is 78.9 Å². The number of nitrogens with zero attached hydrogens (tertiary/aromatic N) is 5. The topological polar surface area (TPSA) is 50.4 Å². The van der Waals surface area contributed by atoms with Crippen molar-refractivity contribution < 1.29 is 13.5 Å². The van der Waals surface area contributed by atoms with Gasteiger partial charge in [0.05, 0.1) is 17.8 Å². The lowest BCUT2D eigenvalue weighted by Gasteiger charge is -2.21. The van der Waals surface area contributed by atoms with Gasteiger partial charge in [0.1, 0.15) is 23.0 Å². The minimum atomic E-state index is -2.59. The van der Waals surface area contributed by atoms with Crippen LogP contribution in [0.3, 0.4) is 0 Å². The van der Waals surface area contributed by atoms with Crippen molar-refractivity contribution in [2.75, 3.05) is 0 Å². The van der Waals surface area contributed by atoms with E-state index in [1.807, 2.05) is 37.1 Å². The molecule has 7 heteroatoms. The molecule has 142 valence electrons. The van der Waals surface area contributed by atoms with Gasteiger partial charge in [-0.25, -0.2) is 8.78 Å². The first-order valence-electron chi connectivity index (χ1n) is 8.89. The van der Waals surface area contributed by atoms with E-state index in [2.05, 4.69) is 31.9 Å². The maximum atomic E-state index is 13.5. The van der Waals surface area contributed by atoms with E-state index >= 15 is 0 Å². The van der Waals surface area contributed by atoms with Crippen molar-refractivity contribution in [3.8, 4) is 6.07 Å². The van der Waals surface area contributed by atoms with Crippen LogP contribution in [0.1, 0.15) is 89.5 Å². The third-order valence-corrected chi connectivity index (χ3v) is 4.33. The first-order valence-corrected chi connectivity index (χ1v) is 8.89. The van der Waals surface area contributed by atoms with Gasteiger partial charge in [0.15, 0.2) is 0 Å². The monoisotopic (exact) mass is 364 g/mol. The van der Waals surface area contributed by atoms with Gasteiger partial charge in [-0.1, -0.05) is 20.8 Å². The fourth-order valence-electron chi connectivity index (χ4n) is 3.38. The van der Waals surface area contributed by atoms with Crippen LogP contribution in [0.25, 0.3) is 0 Å². The van der Waals surface area contributed by atoms with Gasteiger partial charge in [-0.05, 0) is 27.7 Å². The number of halogens is 2. The van der Waals surface area contributed by atoms with Crippen LogP contribution < -0.4 is 4.68 Å². The summed E-state index contributed by atoms with van der Waals surface area (Å²) in [6.07, 6.45) is 0.421. The van der Waals surface area contributed by atoms with Crippen LogP contribution in [0, 0.1) is 11.3 Å². The highest BCUT2D eigenvalue weighted by molar-refractivity contribution is 5.34. The Hall–Kier alpha value is -2.23. The van der Waals surface area contributed by atoms with Gasteiger partial charge in [0.25, 0.3) is 6.43 Å². The Bertz CT molecular complexity index is 791. The van der Waals surface area contributed by atoms with Crippen LogP contribution in [0.15, 0.2) is 12.4 Å². The molecule has 2 aromatic heterocycles. The largest absolute Gasteiger partial charge is 0.267 e. The molecule has 2 heterocycles. The van der Waals surface area contributed by atoms with Gasteiger partial charge in [-0.2, -0.15) is 15.0 Å². The van der Waals surface area contributed by atoms with Crippen LogP contribution >= 0.6 is 0 Å². The minimum Gasteiger partial charge on any atom is -0.260 e. The highest BCUT2D eigenvalue weighted by atomic mass is 19.3. The lowest BCUT2D eigenvalue weighted by atomic mass is 9.89. The standard InChI is InChI=1S/C19H28F2N5/c1-12(2)25-16(15(9-23-25)18(20)21)11-24-10-14(8-22)17(19(5,6)7)26(24)13(3)4/h9-10,12-13,18H,11H2,1-7H3/q+1. The predicted octanol–water partition coefficient (Wildman–Crippen LogP) is 4.29. The molecule has 0 aromatic carbocycles. The lowest BCUT2D eigenvalue weighted by Crippen LogP contribution is -2.46. The van der Waals surface area contributed by atoms with Crippen LogP contribution in [0.4, 0.5) is 8.78 Å². The van der Waals surface area contributed by atoms with Gasteiger partial charge < -0.3 is 0 Å². The molecule has 26 heavy (non-hydrogen) atoms. The van der Waals surface area contributed by atoms with Gasteiger partial charge in [-0.15, -0.1) is 4.68 Å². The first kappa shape index (κ1) is 20.1. The highest BCUT2D eigenvalue weighted by Gasteiger charge is 2.33. The van der Waals surface area contributed by atoms with Crippen molar-refractivity contribution in [3.05, 3.63) is 34.9 Å². The fraction of sp³-hybridized carbons (Fsp3) is 0.632. The van der Waals surface area contributed by atoms with Crippen molar-refractivity contribution in [1.82, 2.24) is 14.5 Å². The summed E-state index contributed by atoms with van der Waals surface area (Å²) >= 11 is 0. The maximum absolute atomic E-state index is 13.5. The number of hydrogen-bond acceptors (Lipinski definition) is 2. The van der Waals surface area contributed by atoms with E-state index in [0.717, 1.165) is 5.69 Å². The summed E-state index contributed by atoms with van der Waals surface area (Å²) < 4.78 is 32.5. The number of nitriles is 1. The van der Waals surface area contributed by atoms with E-state index in [1.54, 1.807) is 10.9 Å².